The molecular formula is C12H21O4. The van der Waals surface area contributed by atoms with E-state index in [4.69, 9.17) is 14.2 Å². The van der Waals surface area contributed by atoms with Gasteiger partial charge in [-0.15, -0.1) is 0 Å². The second-order valence-corrected chi connectivity index (χ2v) is 3.26. The van der Waals surface area contributed by atoms with Gasteiger partial charge in [0.2, 0.25) is 0 Å². The first kappa shape index (κ1) is 15.1. The molecule has 0 spiro atoms. The lowest BCUT2D eigenvalue weighted by Gasteiger charge is -2.31. The zero-order chi connectivity index (χ0) is 12.4. The molecule has 93 valence electrons. The Morgan fingerprint density at radius 3 is 2.06 bits per heavy atom. The average Bonchev–Trinajstić information content (AvgIpc) is 2.32. The lowest BCUT2D eigenvalue weighted by atomic mass is 10.4. The largest absolute Gasteiger partial charge is 0.405 e. The van der Waals surface area contributed by atoms with Gasteiger partial charge in [-0.3, -0.25) is 0 Å². The van der Waals surface area contributed by atoms with E-state index in [0.717, 1.165) is 18.9 Å². The molecule has 0 bridgehead atoms. The molecule has 0 aliphatic carbocycles. The fraction of sp³-hybridized carbons (Fsp3) is 0.667. The van der Waals surface area contributed by atoms with Gasteiger partial charge in [0.05, 0.1) is 13.2 Å². The van der Waals surface area contributed by atoms with E-state index in [9.17, 15) is 4.79 Å². The Morgan fingerprint density at radius 2 is 1.75 bits per heavy atom. The van der Waals surface area contributed by atoms with Crippen LogP contribution in [0.5, 0.6) is 0 Å². The summed E-state index contributed by atoms with van der Waals surface area (Å²) in [5, 5.41) is 0. The van der Waals surface area contributed by atoms with Crippen LogP contribution in [0.4, 0.5) is 0 Å². The number of carbonyl (C=O) groups excluding carboxylic acids is 1. The van der Waals surface area contributed by atoms with E-state index in [0.29, 0.717) is 13.2 Å². The van der Waals surface area contributed by atoms with Gasteiger partial charge in [0, 0.05) is 12.5 Å². The molecule has 4 heteroatoms. The third-order valence-electron chi connectivity index (χ3n) is 1.78. The van der Waals surface area contributed by atoms with Gasteiger partial charge in [0.25, 0.3) is 0 Å². The van der Waals surface area contributed by atoms with Crippen LogP contribution in [0.2, 0.25) is 0 Å². The van der Waals surface area contributed by atoms with E-state index in [1.54, 1.807) is 0 Å². The van der Waals surface area contributed by atoms with Crippen molar-refractivity contribution in [2.45, 2.75) is 39.1 Å². The molecule has 16 heavy (non-hydrogen) atoms. The normalized spacial score (nSPS) is 11.2. The Balaban J connectivity index is 4.51. The molecule has 0 fully saturated rings. The van der Waals surface area contributed by atoms with Crippen molar-refractivity contribution in [3.8, 4) is 0 Å². The van der Waals surface area contributed by atoms with Crippen molar-refractivity contribution in [1.29, 1.82) is 0 Å². The van der Waals surface area contributed by atoms with Crippen LogP contribution in [0.3, 0.4) is 0 Å². The zero-order valence-corrected chi connectivity index (χ0v) is 10.2. The predicted molar refractivity (Wildman–Crippen MR) is 61.5 cm³/mol. The van der Waals surface area contributed by atoms with Crippen molar-refractivity contribution in [1.82, 2.24) is 0 Å². The molecular weight excluding hydrogens is 208 g/mol. The quantitative estimate of drug-likeness (QED) is 0.346. The highest BCUT2D eigenvalue weighted by Crippen LogP contribution is 2.21. The first-order valence-corrected chi connectivity index (χ1v) is 5.56. The Morgan fingerprint density at radius 1 is 1.25 bits per heavy atom. The summed E-state index contributed by atoms with van der Waals surface area (Å²) >= 11 is 0. The SMILES string of the molecule is [CH2]CC(OCCC)(OCCC)OC(=O)C=C. The third-order valence-corrected chi connectivity index (χ3v) is 1.78. The van der Waals surface area contributed by atoms with Crippen molar-refractivity contribution >= 4 is 5.97 Å². The highest BCUT2D eigenvalue weighted by Gasteiger charge is 2.34. The minimum Gasteiger partial charge on any atom is -0.405 e. The zero-order valence-electron chi connectivity index (χ0n) is 10.2. The van der Waals surface area contributed by atoms with E-state index in [2.05, 4.69) is 13.5 Å². The van der Waals surface area contributed by atoms with Crippen LogP contribution in [0.25, 0.3) is 0 Å². The summed E-state index contributed by atoms with van der Waals surface area (Å²) in [6, 6.07) is 0. The molecule has 4 nitrogen and oxygen atoms in total. The lowest BCUT2D eigenvalue weighted by molar-refractivity contribution is -0.359. The van der Waals surface area contributed by atoms with E-state index < -0.39 is 11.9 Å². The van der Waals surface area contributed by atoms with Gasteiger partial charge < -0.3 is 14.2 Å². The molecule has 0 aromatic rings. The van der Waals surface area contributed by atoms with Crippen molar-refractivity contribution in [2.24, 2.45) is 0 Å². The van der Waals surface area contributed by atoms with Crippen LogP contribution in [0.1, 0.15) is 33.1 Å². The van der Waals surface area contributed by atoms with Crippen LogP contribution in [-0.4, -0.2) is 25.2 Å². The van der Waals surface area contributed by atoms with Gasteiger partial charge >= 0.3 is 11.9 Å². The van der Waals surface area contributed by atoms with Crippen LogP contribution in [-0.2, 0) is 19.0 Å². The van der Waals surface area contributed by atoms with Crippen molar-refractivity contribution < 1.29 is 19.0 Å². The number of ether oxygens (including phenoxy) is 3. The molecule has 0 aromatic heterocycles. The van der Waals surface area contributed by atoms with Crippen molar-refractivity contribution in [3.63, 3.8) is 0 Å². The Labute approximate surface area is 97.6 Å². The molecule has 0 saturated carbocycles. The number of rotatable bonds is 9. The highest BCUT2D eigenvalue weighted by atomic mass is 16.9. The van der Waals surface area contributed by atoms with Crippen molar-refractivity contribution in [2.75, 3.05) is 13.2 Å². The summed E-state index contributed by atoms with van der Waals surface area (Å²) in [5.41, 5.74) is 0. The van der Waals surface area contributed by atoms with Gasteiger partial charge in [0.1, 0.15) is 0 Å². The molecule has 1 radical (unpaired) electrons. The maximum Gasteiger partial charge on any atom is 0.334 e. The minimum atomic E-state index is -1.36. The standard InChI is InChI=1S/C12H21O4/c1-5-9-14-12(8-4,15-10-6-2)16-11(13)7-3/h7H,3-6,8-10H2,1-2H3. The maximum atomic E-state index is 11.2. The smallest absolute Gasteiger partial charge is 0.334 e. The topological polar surface area (TPSA) is 44.8 Å². The first-order valence-electron chi connectivity index (χ1n) is 5.56. The van der Waals surface area contributed by atoms with Crippen LogP contribution < -0.4 is 0 Å². The molecule has 0 rings (SSSR count). The second-order valence-electron chi connectivity index (χ2n) is 3.26. The monoisotopic (exact) mass is 229 g/mol. The molecule has 0 saturated heterocycles. The van der Waals surface area contributed by atoms with Gasteiger partial charge in [-0.1, -0.05) is 20.4 Å². The summed E-state index contributed by atoms with van der Waals surface area (Å²) in [7, 11) is 0. The van der Waals surface area contributed by atoms with Gasteiger partial charge in [-0.2, -0.15) is 0 Å². The predicted octanol–water partition coefficient (Wildman–Crippen LogP) is 2.45. The fourth-order valence-corrected chi connectivity index (χ4v) is 1.01. The average molecular weight is 229 g/mol. The fourth-order valence-electron chi connectivity index (χ4n) is 1.01. The van der Waals surface area contributed by atoms with Gasteiger partial charge in [-0.25, -0.2) is 4.79 Å². The Hall–Kier alpha value is -0.870. The minimum absolute atomic E-state index is 0.201. The lowest BCUT2D eigenvalue weighted by Crippen LogP contribution is -2.40. The van der Waals surface area contributed by atoms with Gasteiger partial charge in [0.15, 0.2) is 0 Å². The molecule has 0 unspecified atom stereocenters. The highest BCUT2D eigenvalue weighted by molar-refractivity contribution is 5.81. The van der Waals surface area contributed by atoms with E-state index in [1.165, 1.54) is 0 Å². The number of hydrogen-bond acceptors (Lipinski definition) is 4. The van der Waals surface area contributed by atoms with E-state index >= 15 is 0 Å². The maximum absolute atomic E-state index is 11.2. The van der Waals surface area contributed by atoms with Gasteiger partial charge in [-0.05, 0) is 19.8 Å². The first-order chi connectivity index (χ1) is 7.64. The molecule has 0 aromatic carbocycles. The van der Waals surface area contributed by atoms with E-state index in [-0.39, 0.29) is 6.42 Å². The molecule has 0 N–H and O–H groups in total. The second kappa shape index (κ2) is 8.30. The third kappa shape index (κ3) is 5.28. The summed E-state index contributed by atoms with van der Waals surface area (Å²) in [4.78, 5) is 11.2. The molecule has 0 aliphatic rings. The molecule has 0 amide bonds. The van der Waals surface area contributed by atoms with Crippen molar-refractivity contribution in [3.05, 3.63) is 19.6 Å². The Kier molecular flexibility index (Phi) is 7.85. The molecule has 0 atom stereocenters. The van der Waals surface area contributed by atoms with Crippen LogP contribution in [0.15, 0.2) is 12.7 Å². The summed E-state index contributed by atoms with van der Waals surface area (Å²) in [6.45, 7) is 11.8. The summed E-state index contributed by atoms with van der Waals surface area (Å²) in [5.74, 6) is -1.94. The number of hydrogen-bond donors (Lipinski definition) is 0. The number of esters is 1. The number of carbonyl (C=O) groups is 1. The summed E-state index contributed by atoms with van der Waals surface area (Å²) < 4.78 is 15.9. The van der Waals surface area contributed by atoms with Crippen LogP contribution in [0, 0.1) is 6.92 Å². The Bertz CT molecular complexity index is 205. The molecule has 0 heterocycles. The van der Waals surface area contributed by atoms with E-state index in [1.807, 2.05) is 13.8 Å². The van der Waals surface area contributed by atoms with Crippen LogP contribution >= 0.6 is 0 Å². The summed E-state index contributed by atoms with van der Waals surface area (Å²) in [6.07, 6.45) is 2.90. The molecule has 0 aliphatic heterocycles.